The fourth-order valence-corrected chi connectivity index (χ4v) is 3.56. The second-order valence-electron chi connectivity index (χ2n) is 6.22. The highest BCUT2D eigenvalue weighted by molar-refractivity contribution is 7.11. The van der Waals surface area contributed by atoms with E-state index in [1.165, 1.54) is 35.6 Å². The predicted molar refractivity (Wildman–Crippen MR) is 112 cm³/mol. The molecule has 0 amide bonds. The number of aromatic nitrogens is 1. The highest BCUT2D eigenvalue weighted by atomic mass is 32.1. The van der Waals surface area contributed by atoms with Gasteiger partial charge in [-0.3, -0.25) is 10.1 Å². The zero-order valence-corrected chi connectivity index (χ0v) is 16.1. The largest absolute Gasteiger partial charge is 0.457 e. The van der Waals surface area contributed by atoms with Gasteiger partial charge < -0.3 is 4.42 Å². The fraction of sp³-hybridized carbons (Fsp3) is 0. The van der Waals surface area contributed by atoms with Crippen LogP contribution >= 0.6 is 11.3 Å². The van der Waals surface area contributed by atoms with Crippen LogP contribution in [0.15, 0.2) is 70.5 Å². The Balaban J connectivity index is 1.59. The number of nitriles is 1. The van der Waals surface area contributed by atoms with E-state index in [0.717, 1.165) is 5.56 Å². The van der Waals surface area contributed by atoms with Gasteiger partial charge in [0, 0.05) is 34.7 Å². The monoisotopic (exact) mass is 417 g/mol. The van der Waals surface area contributed by atoms with E-state index in [1.54, 1.807) is 47.9 Å². The summed E-state index contributed by atoms with van der Waals surface area (Å²) in [5.74, 6) is 0.659. The van der Waals surface area contributed by atoms with Gasteiger partial charge in [-0.15, -0.1) is 11.3 Å². The van der Waals surface area contributed by atoms with E-state index < -0.39 is 4.92 Å². The van der Waals surface area contributed by atoms with Gasteiger partial charge in [-0.05, 0) is 48.5 Å². The molecule has 0 spiro atoms. The maximum Gasteiger partial charge on any atom is 0.269 e. The maximum atomic E-state index is 13.1. The fourth-order valence-electron chi connectivity index (χ4n) is 2.77. The molecule has 0 bridgehead atoms. The van der Waals surface area contributed by atoms with Crippen LogP contribution in [-0.4, -0.2) is 9.91 Å². The molecular weight excluding hydrogens is 405 g/mol. The van der Waals surface area contributed by atoms with Crippen LogP contribution in [0.1, 0.15) is 10.8 Å². The van der Waals surface area contributed by atoms with Crippen LogP contribution in [0.5, 0.6) is 0 Å². The lowest BCUT2D eigenvalue weighted by atomic mass is 10.1. The normalized spacial score (nSPS) is 11.3. The van der Waals surface area contributed by atoms with E-state index in [1.807, 2.05) is 0 Å². The summed E-state index contributed by atoms with van der Waals surface area (Å²) >= 11 is 1.31. The van der Waals surface area contributed by atoms with Gasteiger partial charge in [-0.1, -0.05) is 0 Å². The summed E-state index contributed by atoms with van der Waals surface area (Å²) in [6.07, 6.45) is 1.59. The Bertz CT molecular complexity index is 1280. The number of non-ortho nitro benzene ring substituents is 1. The Morgan fingerprint density at radius 1 is 1.10 bits per heavy atom. The number of hydrogen-bond acceptors (Lipinski definition) is 6. The Kier molecular flexibility index (Phi) is 5.20. The summed E-state index contributed by atoms with van der Waals surface area (Å²) < 4.78 is 18.9. The zero-order valence-electron chi connectivity index (χ0n) is 15.3. The number of nitrogens with zero attached hydrogens (tertiary/aromatic N) is 3. The van der Waals surface area contributed by atoms with Crippen molar-refractivity contribution in [1.29, 1.82) is 5.26 Å². The molecule has 0 unspecified atom stereocenters. The molecule has 0 N–H and O–H groups in total. The van der Waals surface area contributed by atoms with Crippen molar-refractivity contribution >= 4 is 28.7 Å². The molecule has 0 atom stereocenters. The third-order valence-electron chi connectivity index (χ3n) is 4.27. The number of halogens is 1. The molecule has 0 fully saturated rings. The molecule has 4 rings (SSSR count). The smallest absolute Gasteiger partial charge is 0.269 e. The first kappa shape index (κ1) is 19.2. The van der Waals surface area contributed by atoms with Gasteiger partial charge >= 0.3 is 0 Å². The summed E-state index contributed by atoms with van der Waals surface area (Å²) in [6.45, 7) is 0. The topological polar surface area (TPSA) is 93.0 Å². The summed E-state index contributed by atoms with van der Waals surface area (Å²) in [5.41, 5.74) is 2.43. The SMILES string of the molecule is N#CC(=Cc1ccc(-c2ccc([N+](=O)[O-])cc2)o1)c1nc(-c2ccc(F)cc2)cs1. The summed E-state index contributed by atoms with van der Waals surface area (Å²) in [5, 5.41) is 22.7. The van der Waals surface area contributed by atoms with E-state index in [0.29, 0.717) is 33.4 Å². The molecule has 2 aromatic carbocycles. The number of allylic oxidation sites excluding steroid dienone is 1. The van der Waals surface area contributed by atoms with Crippen molar-refractivity contribution < 1.29 is 13.7 Å². The van der Waals surface area contributed by atoms with Crippen LogP contribution in [0.25, 0.3) is 34.2 Å². The van der Waals surface area contributed by atoms with Crippen molar-refractivity contribution in [3.8, 4) is 28.7 Å². The molecule has 2 heterocycles. The van der Waals surface area contributed by atoms with Crippen molar-refractivity contribution in [2.45, 2.75) is 0 Å². The van der Waals surface area contributed by atoms with E-state index >= 15 is 0 Å². The molecule has 30 heavy (non-hydrogen) atoms. The molecule has 146 valence electrons. The van der Waals surface area contributed by atoms with Crippen LogP contribution in [0.2, 0.25) is 0 Å². The Labute approximate surface area is 174 Å². The van der Waals surface area contributed by atoms with Gasteiger partial charge in [0.1, 0.15) is 28.4 Å². The second-order valence-corrected chi connectivity index (χ2v) is 7.08. The lowest BCUT2D eigenvalue weighted by Gasteiger charge is -1.97. The second kappa shape index (κ2) is 8.11. The molecule has 8 heteroatoms. The van der Waals surface area contributed by atoms with Gasteiger partial charge in [-0.2, -0.15) is 5.26 Å². The molecule has 0 aliphatic heterocycles. The van der Waals surface area contributed by atoms with Crippen molar-refractivity contribution in [1.82, 2.24) is 4.98 Å². The number of rotatable bonds is 5. The van der Waals surface area contributed by atoms with Crippen molar-refractivity contribution in [3.63, 3.8) is 0 Å². The molecule has 4 aromatic rings. The van der Waals surface area contributed by atoms with Gasteiger partial charge in [-0.25, -0.2) is 9.37 Å². The first-order chi connectivity index (χ1) is 14.5. The summed E-state index contributed by atoms with van der Waals surface area (Å²) in [7, 11) is 0. The molecule has 0 radical (unpaired) electrons. The van der Waals surface area contributed by atoms with Crippen molar-refractivity contribution in [2.24, 2.45) is 0 Å². The molecule has 0 saturated carbocycles. The Morgan fingerprint density at radius 2 is 1.80 bits per heavy atom. The Morgan fingerprint density at radius 3 is 2.47 bits per heavy atom. The molecule has 0 aliphatic rings. The van der Waals surface area contributed by atoms with Crippen molar-refractivity contribution in [3.05, 3.63) is 92.7 Å². The lowest BCUT2D eigenvalue weighted by Crippen LogP contribution is -1.86. The van der Waals surface area contributed by atoms with Gasteiger partial charge in [0.15, 0.2) is 0 Å². The van der Waals surface area contributed by atoms with Crippen LogP contribution < -0.4 is 0 Å². The van der Waals surface area contributed by atoms with Crippen LogP contribution in [0.4, 0.5) is 10.1 Å². The number of nitro benzene ring substituents is 1. The number of nitro groups is 1. The average Bonchev–Trinajstić information content (AvgIpc) is 3.42. The highest BCUT2D eigenvalue weighted by Crippen LogP contribution is 2.29. The molecule has 2 aromatic heterocycles. The van der Waals surface area contributed by atoms with Crippen LogP contribution in [0, 0.1) is 27.3 Å². The van der Waals surface area contributed by atoms with Crippen molar-refractivity contribution in [2.75, 3.05) is 0 Å². The minimum absolute atomic E-state index is 0.00193. The summed E-state index contributed by atoms with van der Waals surface area (Å²) in [4.78, 5) is 14.8. The Hall–Kier alpha value is -4.09. The van der Waals surface area contributed by atoms with Crippen LogP contribution in [0.3, 0.4) is 0 Å². The maximum absolute atomic E-state index is 13.1. The predicted octanol–water partition coefficient (Wildman–Crippen LogP) is 6.18. The first-order valence-corrected chi connectivity index (χ1v) is 9.60. The quantitative estimate of drug-likeness (QED) is 0.219. The number of furan rings is 1. The van der Waals surface area contributed by atoms with E-state index in [2.05, 4.69) is 11.1 Å². The third kappa shape index (κ3) is 4.01. The van der Waals surface area contributed by atoms with Gasteiger partial charge in [0.05, 0.1) is 16.2 Å². The van der Waals surface area contributed by atoms with E-state index in [9.17, 15) is 19.8 Å². The number of hydrogen-bond donors (Lipinski definition) is 0. The van der Waals surface area contributed by atoms with E-state index in [4.69, 9.17) is 4.42 Å². The molecule has 0 aliphatic carbocycles. The lowest BCUT2D eigenvalue weighted by molar-refractivity contribution is -0.384. The molecular formula is C22H12FN3O3S. The highest BCUT2D eigenvalue weighted by Gasteiger charge is 2.12. The van der Waals surface area contributed by atoms with Gasteiger partial charge in [0.25, 0.3) is 5.69 Å². The minimum Gasteiger partial charge on any atom is -0.457 e. The molecule has 6 nitrogen and oxygen atoms in total. The number of thiazole rings is 1. The van der Waals surface area contributed by atoms with Gasteiger partial charge in [0.2, 0.25) is 0 Å². The minimum atomic E-state index is -0.465. The average molecular weight is 417 g/mol. The number of benzene rings is 2. The molecule has 0 saturated heterocycles. The zero-order chi connectivity index (χ0) is 21.1. The third-order valence-corrected chi connectivity index (χ3v) is 5.15. The van der Waals surface area contributed by atoms with E-state index in [-0.39, 0.29) is 11.5 Å². The first-order valence-electron chi connectivity index (χ1n) is 8.72. The van der Waals surface area contributed by atoms with Crippen LogP contribution in [-0.2, 0) is 0 Å². The summed E-state index contributed by atoms with van der Waals surface area (Å²) in [6, 6.07) is 17.6. The standard InChI is InChI=1S/C22H12FN3O3S/c23-17-5-1-14(2-6-17)20-13-30-22(25-20)16(12-24)11-19-9-10-21(29-19)15-3-7-18(8-4-15)26(27)28/h1-11,13H.